The molecule has 3 aromatic rings. The summed E-state index contributed by atoms with van der Waals surface area (Å²) in [5.41, 5.74) is 3.07. The van der Waals surface area contributed by atoms with Gasteiger partial charge in [0.1, 0.15) is 11.6 Å². The van der Waals surface area contributed by atoms with Gasteiger partial charge in [-0.05, 0) is 31.5 Å². The number of pyridine rings is 1. The summed E-state index contributed by atoms with van der Waals surface area (Å²) >= 11 is 0. The number of carbonyl (C=O) groups is 1. The lowest BCUT2D eigenvalue weighted by atomic mass is 9.92. The highest BCUT2D eigenvalue weighted by atomic mass is 16.1. The van der Waals surface area contributed by atoms with Gasteiger partial charge in [0, 0.05) is 55.3 Å². The average Bonchev–Trinajstić information content (AvgIpc) is 2.90. The molecule has 128 valence electrons. The summed E-state index contributed by atoms with van der Waals surface area (Å²) in [4.78, 5) is 23.4. The molecule has 2 aromatic heterocycles. The molecule has 1 aliphatic heterocycles. The Hall–Kier alpha value is -2.53. The first kappa shape index (κ1) is 16.0. The molecule has 0 amide bonds. The van der Waals surface area contributed by atoms with Crippen molar-refractivity contribution in [1.82, 2.24) is 19.4 Å². The largest absolute Gasteiger partial charge is 0.331 e. The average molecular weight is 334 g/mol. The molecule has 25 heavy (non-hydrogen) atoms. The molecular weight excluding hydrogens is 312 g/mol. The van der Waals surface area contributed by atoms with E-state index in [9.17, 15) is 4.79 Å². The van der Waals surface area contributed by atoms with Crippen LogP contribution in [-0.2, 0) is 18.3 Å². The van der Waals surface area contributed by atoms with Crippen LogP contribution in [0.15, 0.2) is 36.7 Å². The lowest BCUT2D eigenvalue weighted by Crippen LogP contribution is -2.48. The zero-order valence-corrected chi connectivity index (χ0v) is 14.9. The number of fused-ring (bicyclic) bond motifs is 1. The number of aryl methyl sites for hydroxylation is 1. The summed E-state index contributed by atoms with van der Waals surface area (Å²) in [7, 11) is 4.06. The molecule has 3 heterocycles. The summed E-state index contributed by atoms with van der Waals surface area (Å²) < 4.78 is 2.08. The highest BCUT2D eigenvalue weighted by molar-refractivity contribution is 5.88. The summed E-state index contributed by atoms with van der Waals surface area (Å²) in [6, 6.07) is 8.36. The fourth-order valence-corrected chi connectivity index (χ4v) is 3.44. The number of nitrogens with zero attached hydrogens (tertiary/aromatic N) is 4. The molecule has 0 aliphatic carbocycles. The number of benzene rings is 1. The molecule has 0 unspecified atom stereocenters. The lowest BCUT2D eigenvalue weighted by molar-refractivity contribution is -0.126. The van der Waals surface area contributed by atoms with Crippen molar-refractivity contribution in [2.75, 3.05) is 20.1 Å². The summed E-state index contributed by atoms with van der Waals surface area (Å²) in [5.74, 6) is 1.45. The molecule has 4 rings (SSSR count). The molecule has 1 aliphatic rings. The minimum absolute atomic E-state index is 0.172. The number of aromatic nitrogens is 3. The molecule has 0 bridgehead atoms. The van der Waals surface area contributed by atoms with Crippen LogP contribution in [0, 0.1) is 12.8 Å². The molecule has 1 aromatic carbocycles. The van der Waals surface area contributed by atoms with E-state index < -0.39 is 0 Å². The maximum Gasteiger partial charge on any atom is 0.144 e. The van der Waals surface area contributed by atoms with Crippen LogP contribution < -0.4 is 0 Å². The van der Waals surface area contributed by atoms with E-state index in [1.807, 2.05) is 39.5 Å². The second kappa shape index (κ2) is 6.08. The first-order valence-corrected chi connectivity index (χ1v) is 8.60. The SMILES string of the molecule is Cc1ncc(-c2ccc3cnc(CC(=O)C4CN(C)C4)cc3c2)n1C. The van der Waals surface area contributed by atoms with E-state index in [-0.39, 0.29) is 5.92 Å². The quantitative estimate of drug-likeness (QED) is 0.736. The maximum atomic E-state index is 12.3. The van der Waals surface area contributed by atoms with Gasteiger partial charge in [-0.1, -0.05) is 12.1 Å². The number of Topliss-reactive ketones (excluding diaryl/α,β-unsaturated/α-hetero) is 1. The third-order valence-corrected chi connectivity index (χ3v) is 5.17. The van der Waals surface area contributed by atoms with Gasteiger partial charge in [0.05, 0.1) is 11.9 Å². The van der Waals surface area contributed by atoms with Crippen LogP contribution in [-0.4, -0.2) is 45.4 Å². The number of hydrogen-bond acceptors (Lipinski definition) is 4. The lowest BCUT2D eigenvalue weighted by Gasteiger charge is -2.34. The second-order valence-electron chi connectivity index (χ2n) is 7.05. The number of hydrogen-bond donors (Lipinski definition) is 0. The molecule has 1 fully saturated rings. The Bertz CT molecular complexity index is 953. The molecule has 1 saturated heterocycles. The second-order valence-corrected chi connectivity index (χ2v) is 7.05. The van der Waals surface area contributed by atoms with Crippen molar-refractivity contribution in [2.45, 2.75) is 13.3 Å². The van der Waals surface area contributed by atoms with Crippen molar-refractivity contribution >= 4 is 16.6 Å². The van der Waals surface area contributed by atoms with Gasteiger partial charge in [-0.15, -0.1) is 0 Å². The van der Waals surface area contributed by atoms with E-state index in [0.29, 0.717) is 12.2 Å². The van der Waals surface area contributed by atoms with Crippen LogP contribution in [0.25, 0.3) is 22.0 Å². The van der Waals surface area contributed by atoms with Crippen LogP contribution >= 0.6 is 0 Å². The van der Waals surface area contributed by atoms with Crippen LogP contribution in [0.1, 0.15) is 11.5 Å². The molecule has 0 spiro atoms. The smallest absolute Gasteiger partial charge is 0.144 e. The van der Waals surface area contributed by atoms with Crippen molar-refractivity contribution in [3.05, 3.63) is 48.2 Å². The molecule has 0 radical (unpaired) electrons. The first-order valence-electron chi connectivity index (χ1n) is 8.60. The predicted octanol–water partition coefficient (Wildman–Crippen LogP) is 2.62. The van der Waals surface area contributed by atoms with E-state index in [1.165, 1.54) is 0 Å². The van der Waals surface area contributed by atoms with Gasteiger partial charge >= 0.3 is 0 Å². The minimum Gasteiger partial charge on any atom is -0.331 e. The van der Waals surface area contributed by atoms with Crippen LogP contribution in [0.2, 0.25) is 0 Å². The standard InChI is InChI=1S/C20H22N4O/c1-13-21-10-19(24(13)3)14-4-5-15-9-22-18(7-16(15)6-14)8-20(25)17-11-23(2)12-17/h4-7,9-10,17H,8,11-12H2,1-3H3. The molecule has 0 saturated carbocycles. The van der Waals surface area contributed by atoms with E-state index in [0.717, 1.165) is 46.6 Å². The zero-order valence-electron chi connectivity index (χ0n) is 14.9. The Labute approximate surface area is 147 Å². The van der Waals surface area contributed by atoms with Crippen LogP contribution in [0.5, 0.6) is 0 Å². The Balaban J connectivity index is 1.63. The van der Waals surface area contributed by atoms with Gasteiger partial charge in [0.15, 0.2) is 0 Å². The Morgan fingerprint density at radius 1 is 1.12 bits per heavy atom. The highest BCUT2D eigenvalue weighted by Crippen LogP contribution is 2.25. The number of rotatable bonds is 4. The van der Waals surface area contributed by atoms with Gasteiger partial charge in [-0.25, -0.2) is 4.98 Å². The van der Waals surface area contributed by atoms with Crippen molar-refractivity contribution in [3.8, 4) is 11.3 Å². The molecule has 5 nitrogen and oxygen atoms in total. The van der Waals surface area contributed by atoms with Crippen LogP contribution in [0.3, 0.4) is 0 Å². The normalized spacial score (nSPS) is 15.5. The predicted molar refractivity (Wildman–Crippen MR) is 98.4 cm³/mol. The molecule has 0 atom stereocenters. The Morgan fingerprint density at radius 2 is 1.92 bits per heavy atom. The first-order chi connectivity index (χ1) is 12.0. The van der Waals surface area contributed by atoms with Gasteiger partial charge in [0.2, 0.25) is 0 Å². The Morgan fingerprint density at radius 3 is 2.60 bits per heavy atom. The number of imidazole rings is 1. The van der Waals surface area contributed by atoms with Crippen molar-refractivity contribution in [3.63, 3.8) is 0 Å². The third kappa shape index (κ3) is 2.96. The van der Waals surface area contributed by atoms with Gasteiger partial charge < -0.3 is 9.47 Å². The van der Waals surface area contributed by atoms with E-state index >= 15 is 0 Å². The van der Waals surface area contributed by atoms with Crippen molar-refractivity contribution in [1.29, 1.82) is 0 Å². The van der Waals surface area contributed by atoms with Gasteiger partial charge in [-0.3, -0.25) is 9.78 Å². The van der Waals surface area contributed by atoms with Crippen molar-refractivity contribution in [2.24, 2.45) is 13.0 Å². The summed E-state index contributed by atoms with van der Waals surface area (Å²) in [6.45, 7) is 3.74. The summed E-state index contributed by atoms with van der Waals surface area (Å²) in [5, 5.41) is 2.20. The highest BCUT2D eigenvalue weighted by Gasteiger charge is 2.29. The molecular formula is C20H22N4O. The van der Waals surface area contributed by atoms with Gasteiger partial charge in [-0.2, -0.15) is 0 Å². The fourth-order valence-electron chi connectivity index (χ4n) is 3.44. The molecule has 5 heteroatoms. The number of carbonyl (C=O) groups excluding carboxylic acids is 1. The van der Waals surface area contributed by atoms with E-state index in [1.54, 1.807) is 0 Å². The molecule has 0 N–H and O–H groups in total. The number of likely N-dealkylation sites (tertiary alicyclic amines) is 1. The van der Waals surface area contributed by atoms with E-state index in [4.69, 9.17) is 0 Å². The number of ketones is 1. The fraction of sp³-hybridized carbons (Fsp3) is 0.350. The Kier molecular flexibility index (Phi) is 3.88. The van der Waals surface area contributed by atoms with Crippen LogP contribution in [0.4, 0.5) is 0 Å². The van der Waals surface area contributed by atoms with E-state index in [2.05, 4.69) is 37.6 Å². The maximum absolute atomic E-state index is 12.3. The van der Waals surface area contributed by atoms with Crippen molar-refractivity contribution < 1.29 is 4.79 Å². The monoisotopic (exact) mass is 334 g/mol. The van der Waals surface area contributed by atoms with Gasteiger partial charge in [0.25, 0.3) is 0 Å². The topological polar surface area (TPSA) is 51.0 Å². The minimum atomic E-state index is 0.172. The zero-order chi connectivity index (χ0) is 17.6. The summed E-state index contributed by atoms with van der Waals surface area (Å²) in [6.07, 6.45) is 4.18. The third-order valence-electron chi connectivity index (χ3n) is 5.17.